The minimum absolute atomic E-state index is 0.000133. The number of nitrogen functional groups attached to an aromatic ring is 1. The molecule has 0 bridgehead atoms. The minimum Gasteiger partial charge on any atom is -0.468 e. The molecule has 0 amide bonds. The molecule has 3 rings (SSSR count). The van der Waals surface area contributed by atoms with Crippen molar-refractivity contribution in [2.24, 2.45) is 0 Å². The third kappa shape index (κ3) is 2.79. The summed E-state index contributed by atoms with van der Waals surface area (Å²) < 4.78 is 45.2. The average Bonchev–Trinajstić information content (AvgIpc) is 3.15. The second-order valence-electron chi connectivity index (χ2n) is 5.04. The molecule has 2 aromatic rings. The molecule has 0 unspecified atom stereocenters. The van der Waals surface area contributed by atoms with Crippen LogP contribution >= 0.6 is 0 Å². The normalized spacial score (nSPS) is 15.5. The highest BCUT2D eigenvalue weighted by Crippen LogP contribution is 2.34. The van der Waals surface area contributed by atoms with E-state index in [1.165, 1.54) is 16.6 Å². The maximum atomic E-state index is 13.2. The van der Waals surface area contributed by atoms with Gasteiger partial charge in [-0.15, -0.1) is 0 Å². The molecular formula is C14H15FN2O3S. The van der Waals surface area contributed by atoms with Gasteiger partial charge in [0, 0.05) is 6.04 Å². The van der Waals surface area contributed by atoms with Gasteiger partial charge in [-0.05, 0) is 43.2 Å². The van der Waals surface area contributed by atoms with Crippen molar-refractivity contribution in [2.75, 3.05) is 5.73 Å². The molecule has 0 saturated heterocycles. The highest BCUT2D eigenvalue weighted by atomic mass is 32.2. The topological polar surface area (TPSA) is 76.5 Å². The Kier molecular flexibility index (Phi) is 3.46. The number of nitrogens with zero attached hydrogens (tertiary/aromatic N) is 1. The zero-order valence-electron chi connectivity index (χ0n) is 11.2. The zero-order chi connectivity index (χ0) is 15.0. The Hall–Kier alpha value is -1.86. The van der Waals surface area contributed by atoms with E-state index in [-0.39, 0.29) is 23.2 Å². The third-order valence-corrected chi connectivity index (χ3v) is 5.31. The lowest BCUT2D eigenvalue weighted by atomic mass is 10.3. The van der Waals surface area contributed by atoms with Gasteiger partial charge in [-0.2, -0.15) is 4.31 Å². The van der Waals surface area contributed by atoms with Crippen LogP contribution in [-0.4, -0.2) is 18.8 Å². The first-order valence-electron chi connectivity index (χ1n) is 6.58. The molecule has 7 heteroatoms. The fourth-order valence-electron chi connectivity index (χ4n) is 2.15. The monoisotopic (exact) mass is 310 g/mol. The smallest absolute Gasteiger partial charge is 0.243 e. The summed E-state index contributed by atoms with van der Waals surface area (Å²) in [7, 11) is -3.73. The van der Waals surface area contributed by atoms with Crippen molar-refractivity contribution < 1.29 is 17.2 Å². The number of furan rings is 1. The molecule has 1 aliphatic rings. The van der Waals surface area contributed by atoms with Crippen molar-refractivity contribution in [2.45, 2.75) is 30.3 Å². The summed E-state index contributed by atoms with van der Waals surface area (Å²) in [4.78, 5) is -0.000133. The first-order chi connectivity index (χ1) is 9.98. The average molecular weight is 310 g/mol. The summed E-state index contributed by atoms with van der Waals surface area (Å²) in [5, 5.41) is 0. The number of rotatable bonds is 5. The molecule has 1 fully saturated rings. The molecule has 1 heterocycles. The van der Waals surface area contributed by atoms with Gasteiger partial charge in [0.25, 0.3) is 0 Å². The Morgan fingerprint density at radius 3 is 2.67 bits per heavy atom. The quantitative estimate of drug-likeness (QED) is 0.860. The third-order valence-electron chi connectivity index (χ3n) is 3.42. The van der Waals surface area contributed by atoms with E-state index in [1.54, 1.807) is 12.1 Å². The van der Waals surface area contributed by atoms with Crippen molar-refractivity contribution in [1.82, 2.24) is 4.31 Å². The number of hydrogen-bond donors (Lipinski definition) is 1. The van der Waals surface area contributed by atoms with E-state index in [4.69, 9.17) is 10.2 Å². The fraction of sp³-hybridized carbons (Fsp3) is 0.286. The van der Waals surface area contributed by atoms with Crippen molar-refractivity contribution in [1.29, 1.82) is 0 Å². The predicted molar refractivity (Wildman–Crippen MR) is 75.3 cm³/mol. The largest absolute Gasteiger partial charge is 0.468 e. The minimum atomic E-state index is -3.73. The Labute approximate surface area is 122 Å². The SMILES string of the molecule is Nc1cc(S(=O)(=O)N(Cc2ccco2)C2CC2)ccc1F. The Bertz CT molecular complexity index is 740. The summed E-state index contributed by atoms with van der Waals surface area (Å²) in [5.41, 5.74) is 5.29. The molecule has 1 aromatic heterocycles. The van der Waals surface area contributed by atoms with Crippen LogP contribution in [0.3, 0.4) is 0 Å². The number of hydrogen-bond acceptors (Lipinski definition) is 4. The Morgan fingerprint density at radius 1 is 1.33 bits per heavy atom. The lowest BCUT2D eigenvalue weighted by Gasteiger charge is -2.21. The molecule has 0 spiro atoms. The molecule has 0 aliphatic heterocycles. The number of benzene rings is 1. The summed E-state index contributed by atoms with van der Waals surface area (Å²) in [5.74, 6) is -0.0569. The van der Waals surface area contributed by atoms with Crippen LogP contribution in [0.15, 0.2) is 45.9 Å². The van der Waals surface area contributed by atoms with Crippen molar-refractivity contribution in [3.63, 3.8) is 0 Å². The van der Waals surface area contributed by atoms with E-state index in [2.05, 4.69) is 0 Å². The van der Waals surface area contributed by atoms with Crippen LogP contribution in [0, 0.1) is 5.82 Å². The van der Waals surface area contributed by atoms with Gasteiger partial charge in [0.1, 0.15) is 11.6 Å². The van der Waals surface area contributed by atoms with Gasteiger partial charge >= 0.3 is 0 Å². The summed E-state index contributed by atoms with van der Waals surface area (Å²) in [6.45, 7) is 0.164. The molecule has 1 aromatic carbocycles. The predicted octanol–water partition coefficient (Wildman–Crippen LogP) is 2.35. The molecule has 5 nitrogen and oxygen atoms in total. The molecule has 1 saturated carbocycles. The van der Waals surface area contributed by atoms with Gasteiger partial charge in [-0.25, -0.2) is 12.8 Å². The van der Waals surface area contributed by atoms with Gasteiger partial charge in [-0.3, -0.25) is 0 Å². The maximum absolute atomic E-state index is 13.2. The number of sulfonamides is 1. The van der Waals surface area contributed by atoms with E-state index in [0.717, 1.165) is 25.0 Å². The molecule has 112 valence electrons. The molecule has 0 radical (unpaired) electrons. The molecule has 0 atom stereocenters. The molecular weight excluding hydrogens is 295 g/mol. The van der Waals surface area contributed by atoms with Crippen LogP contribution in [0.5, 0.6) is 0 Å². The highest BCUT2D eigenvalue weighted by molar-refractivity contribution is 7.89. The van der Waals surface area contributed by atoms with Gasteiger partial charge in [0.15, 0.2) is 0 Å². The molecule has 21 heavy (non-hydrogen) atoms. The van der Waals surface area contributed by atoms with Crippen molar-refractivity contribution >= 4 is 15.7 Å². The highest BCUT2D eigenvalue weighted by Gasteiger charge is 2.38. The standard InChI is InChI=1S/C14H15FN2O3S/c15-13-6-5-12(8-14(13)16)21(18,19)17(10-3-4-10)9-11-2-1-7-20-11/h1-2,5-8,10H,3-4,9,16H2. The van der Waals surface area contributed by atoms with Crippen LogP contribution in [0.4, 0.5) is 10.1 Å². The first kappa shape index (κ1) is 14.1. The number of anilines is 1. The van der Waals surface area contributed by atoms with Crippen LogP contribution in [-0.2, 0) is 16.6 Å². The van der Waals surface area contributed by atoms with Crippen molar-refractivity contribution in [3.05, 3.63) is 48.2 Å². The van der Waals surface area contributed by atoms with Gasteiger partial charge < -0.3 is 10.2 Å². The van der Waals surface area contributed by atoms with E-state index < -0.39 is 15.8 Å². The molecule has 2 N–H and O–H groups in total. The fourth-order valence-corrected chi connectivity index (χ4v) is 3.83. The van der Waals surface area contributed by atoms with E-state index >= 15 is 0 Å². The lowest BCUT2D eigenvalue weighted by molar-refractivity contribution is 0.356. The Balaban J connectivity index is 1.95. The van der Waals surface area contributed by atoms with Gasteiger partial charge in [0.05, 0.1) is 23.4 Å². The van der Waals surface area contributed by atoms with Crippen LogP contribution < -0.4 is 5.73 Å². The van der Waals surface area contributed by atoms with Crippen LogP contribution in [0.1, 0.15) is 18.6 Å². The van der Waals surface area contributed by atoms with Gasteiger partial charge in [-0.1, -0.05) is 0 Å². The van der Waals surface area contributed by atoms with Crippen molar-refractivity contribution in [3.8, 4) is 0 Å². The van der Waals surface area contributed by atoms with Gasteiger partial charge in [0.2, 0.25) is 10.0 Å². The van der Waals surface area contributed by atoms with E-state index in [1.807, 2.05) is 0 Å². The zero-order valence-corrected chi connectivity index (χ0v) is 12.0. The molecule has 1 aliphatic carbocycles. The summed E-state index contributed by atoms with van der Waals surface area (Å²) in [6.07, 6.45) is 3.14. The first-order valence-corrected chi connectivity index (χ1v) is 8.02. The number of halogens is 1. The van der Waals surface area contributed by atoms with Crippen LogP contribution in [0.25, 0.3) is 0 Å². The second-order valence-corrected chi connectivity index (χ2v) is 6.93. The maximum Gasteiger partial charge on any atom is 0.243 e. The number of nitrogens with two attached hydrogens (primary N) is 1. The summed E-state index contributed by atoms with van der Waals surface area (Å²) >= 11 is 0. The van der Waals surface area contributed by atoms with E-state index in [9.17, 15) is 12.8 Å². The lowest BCUT2D eigenvalue weighted by Crippen LogP contribution is -2.32. The Morgan fingerprint density at radius 2 is 2.10 bits per heavy atom. The van der Waals surface area contributed by atoms with Crippen LogP contribution in [0.2, 0.25) is 0 Å². The van der Waals surface area contributed by atoms with E-state index in [0.29, 0.717) is 5.76 Å². The second kappa shape index (κ2) is 5.16. The summed E-state index contributed by atoms with van der Waals surface area (Å²) in [6, 6.07) is 6.86.